The molecule has 0 fully saturated rings. The molecule has 0 aliphatic heterocycles. The molecule has 0 aliphatic carbocycles. The molecule has 0 saturated heterocycles. The Morgan fingerprint density at radius 1 is 1.10 bits per heavy atom. The van der Waals surface area contributed by atoms with E-state index in [4.69, 9.17) is 5.84 Å². The topological polar surface area (TPSA) is 38.0 Å². The van der Waals surface area contributed by atoms with E-state index in [1.54, 1.807) is 0 Å². The van der Waals surface area contributed by atoms with Crippen molar-refractivity contribution >= 4 is 11.8 Å². The van der Waals surface area contributed by atoms with E-state index < -0.39 is 0 Å². The first-order valence-corrected chi connectivity index (χ1v) is 7.87. The average molecular weight is 286 g/mol. The predicted octanol–water partition coefficient (Wildman–Crippen LogP) is 3.47. The SMILES string of the molecule is Cc1ccc(C)c(CC(CSc2ccccc2)NN)c1. The van der Waals surface area contributed by atoms with Gasteiger partial charge in [-0.15, -0.1) is 11.8 Å². The molecule has 2 aromatic rings. The summed E-state index contributed by atoms with van der Waals surface area (Å²) in [6, 6.07) is 17.3. The van der Waals surface area contributed by atoms with Crippen LogP contribution < -0.4 is 11.3 Å². The lowest BCUT2D eigenvalue weighted by Gasteiger charge is -2.17. The van der Waals surface area contributed by atoms with E-state index in [-0.39, 0.29) is 6.04 Å². The highest BCUT2D eigenvalue weighted by Gasteiger charge is 2.10. The second-order valence-electron chi connectivity index (χ2n) is 5.12. The fourth-order valence-corrected chi connectivity index (χ4v) is 3.12. The summed E-state index contributed by atoms with van der Waals surface area (Å²) in [7, 11) is 0. The molecule has 2 rings (SSSR count). The van der Waals surface area contributed by atoms with Gasteiger partial charge in [-0.05, 0) is 43.5 Å². The van der Waals surface area contributed by atoms with Crippen LogP contribution in [0.1, 0.15) is 16.7 Å². The Hall–Kier alpha value is -1.29. The molecular formula is C17H22N2S. The number of thioether (sulfide) groups is 1. The minimum atomic E-state index is 0.278. The van der Waals surface area contributed by atoms with E-state index in [0.29, 0.717) is 0 Å². The summed E-state index contributed by atoms with van der Waals surface area (Å²) in [6.07, 6.45) is 0.962. The highest BCUT2D eigenvalue weighted by atomic mass is 32.2. The zero-order chi connectivity index (χ0) is 14.4. The zero-order valence-electron chi connectivity index (χ0n) is 12.1. The number of hydrogen-bond acceptors (Lipinski definition) is 3. The van der Waals surface area contributed by atoms with Crippen molar-refractivity contribution in [1.82, 2.24) is 5.43 Å². The Balaban J connectivity index is 1.97. The van der Waals surface area contributed by atoms with Gasteiger partial charge in [0.1, 0.15) is 0 Å². The standard InChI is InChI=1S/C17H22N2S/c1-13-8-9-14(2)15(10-13)11-16(19-18)12-20-17-6-4-3-5-7-17/h3-10,16,19H,11-12,18H2,1-2H3. The smallest absolute Gasteiger partial charge is 0.0345 e. The van der Waals surface area contributed by atoms with E-state index in [0.717, 1.165) is 12.2 Å². The van der Waals surface area contributed by atoms with Gasteiger partial charge in [0.15, 0.2) is 0 Å². The number of rotatable bonds is 6. The molecule has 0 saturated carbocycles. The summed E-state index contributed by atoms with van der Waals surface area (Å²) >= 11 is 1.84. The molecule has 106 valence electrons. The molecule has 0 aromatic heterocycles. The fourth-order valence-electron chi connectivity index (χ4n) is 2.17. The molecule has 0 spiro atoms. The number of nitrogens with two attached hydrogens (primary N) is 1. The zero-order valence-corrected chi connectivity index (χ0v) is 12.9. The summed E-state index contributed by atoms with van der Waals surface area (Å²) in [6.45, 7) is 4.29. The molecule has 0 aliphatic rings. The molecule has 2 nitrogen and oxygen atoms in total. The Morgan fingerprint density at radius 2 is 1.85 bits per heavy atom. The van der Waals surface area contributed by atoms with Crippen molar-refractivity contribution in [3.63, 3.8) is 0 Å². The Labute approximate surface area is 125 Å². The third-order valence-electron chi connectivity index (χ3n) is 3.40. The van der Waals surface area contributed by atoms with Crippen molar-refractivity contribution in [2.45, 2.75) is 31.2 Å². The van der Waals surface area contributed by atoms with Crippen molar-refractivity contribution in [3.8, 4) is 0 Å². The van der Waals surface area contributed by atoms with Gasteiger partial charge < -0.3 is 0 Å². The minimum Gasteiger partial charge on any atom is -0.271 e. The summed E-state index contributed by atoms with van der Waals surface area (Å²) in [5.74, 6) is 6.68. The first kappa shape index (κ1) is 15.1. The molecule has 2 aromatic carbocycles. The van der Waals surface area contributed by atoms with Crippen LogP contribution in [0.4, 0.5) is 0 Å². The van der Waals surface area contributed by atoms with Gasteiger partial charge >= 0.3 is 0 Å². The van der Waals surface area contributed by atoms with Crippen LogP contribution in [0.25, 0.3) is 0 Å². The van der Waals surface area contributed by atoms with E-state index in [1.807, 2.05) is 17.8 Å². The van der Waals surface area contributed by atoms with Crippen LogP contribution in [0.3, 0.4) is 0 Å². The normalized spacial score (nSPS) is 12.3. The fraction of sp³-hybridized carbons (Fsp3) is 0.294. The third-order valence-corrected chi connectivity index (χ3v) is 4.58. The lowest BCUT2D eigenvalue weighted by Crippen LogP contribution is -2.38. The molecule has 1 atom stereocenters. The van der Waals surface area contributed by atoms with E-state index in [9.17, 15) is 0 Å². The van der Waals surface area contributed by atoms with Crippen molar-refractivity contribution < 1.29 is 0 Å². The minimum absolute atomic E-state index is 0.278. The number of benzene rings is 2. The van der Waals surface area contributed by atoms with Crippen LogP contribution in [0.2, 0.25) is 0 Å². The number of nitrogens with one attached hydrogen (secondary N) is 1. The van der Waals surface area contributed by atoms with Crippen LogP contribution in [0, 0.1) is 13.8 Å². The molecule has 20 heavy (non-hydrogen) atoms. The molecule has 0 radical (unpaired) electrons. The number of hydrogen-bond donors (Lipinski definition) is 2. The summed E-state index contributed by atoms with van der Waals surface area (Å²) in [4.78, 5) is 1.29. The maximum atomic E-state index is 5.71. The highest BCUT2D eigenvalue weighted by Crippen LogP contribution is 2.20. The van der Waals surface area contributed by atoms with Crippen molar-refractivity contribution in [1.29, 1.82) is 0 Å². The van der Waals surface area contributed by atoms with Gasteiger partial charge in [-0.2, -0.15) is 0 Å². The maximum Gasteiger partial charge on any atom is 0.0345 e. The Kier molecular flexibility index (Phi) is 5.65. The molecule has 1 unspecified atom stereocenters. The third kappa shape index (κ3) is 4.37. The first-order valence-electron chi connectivity index (χ1n) is 6.89. The van der Waals surface area contributed by atoms with E-state index >= 15 is 0 Å². The molecular weight excluding hydrogens is 264 g/mol. The van der Waals surface area contributed by atoms with Crippen molar-refractivity contribution in [2.75, 3.05) is 5.75 Å². The summed E-state index contributed by atoms with van der Waals surface area (Å²) in [5, 5.41) is 0. The van der Waals surface area contributed by atoms with Gasteiger partial charge in [0.25, 0.3) is 0 Å². The second kappa shape index (κ2) is 7.48. The second-order valence-corrected chi connectivity index (χ2v) is 6.22. The van der Waals surface area contributed by atoms with Crippen LogP contribution >= 0.6 is 11.8 Å². The molecule has 3 heteroatoms. The van der Waals surface area contributed by atoms with Gasteiger partial charge in [0.2, 0.25) is 0 Å². The summed E-state index contributed by atoms with van der Waals surface area (Å²) < 4.78 is 0. The average Bonchev–Trinajstić information content (AvgIpc) is 2.48. The maximum absolute atomic E-state index is 5.71. The molecule has 0 heterocycles. The molecule has 0 bridgehead atoms. The van der Waals surface area contributed by atoms with Gasteiger partial charge in [0.05, 0.1) is 0 Å². The van der Waals surface area contributed by atoms with Crippen LogP contribution in [-0.2, 0) is 6.42 Å². The largest absolute Gasteiger partial charge is 0.271 e. The van der Waals surface area contributed by atoms with Gasteiger partial charge in [0, 0.05) is 16.7 Å². The monoisotopic (exact) mass is 286 g/mol. The van der Waals surface area contributed by atoms with Gasteiger partial charge in [-0.3, -0.25) is 11.3 Å². The Bertz CT molecular complexity index is 540. The van der Waals surface area contributed by atoms with Crippen LogP contribution in [0.15, 0.2) is 53.4 Å². The van der Waals surface area contributed by atoms with Crippen molar-refractivity contribution in [3.05, 3.63) is 65.2 Å². The van der Waals surface area contributed by atoms with Crippen LogP contribution in [-0.4, -0.2) is 11.8 Å². The number of hydrazine groups is 1. The molecule has 3 N–H and O–H groups in total. The lowest BCUT2D eigenvalue weighted by molar-refractivity contribution is 0.574. The molecule has 0 amide bonds. The predicted molar refractivity (Wildman–Crippen MR) is 87.9 cm³/mol. The van der Waals surface area contributed by atoms with Crippen LogP contribution in [0.5, 0.6) is 0 Å². The first-order chi connectivity index (χ1) is 9.69. The van der Waals surface area contributed by atoms with Crippen molar-refractivity contribution in [2.24, 2.45) is 5.84 Å². The number of aryl methyl sites for hydroxylation is 2. The van der Waals surface area contributed by atoms with Gasteiger partial charge in [-0.25, -0.2) is 0 Å². The highest BCUT2D eigenvalue weighted by molar-refractivity contribution is 7.99. The van der Waals surface area contributed by atoms with Gasteiger partial charge in [-0.1, -0.05) is 42.0 Å². The summed E-state index contributed by atoms with van der Waals surface area (Å²) in [5.41, 5.74) is 6.96. The van der Waals surface area contributed by atoms with E-state index in [1.165, 1.54) is 21.6 Å². The van der Waals surface area contributed by atoms with E-state index in [2.05, 4.69) is 61.7 Å². The quantitative estimate of drug-likeness (QED) is 0.485. The Morgan fingerprint density at radius 3 is 2.55 bits per heavy atom. The lowest BCUT2D eigenvalue weighted by atomic mass is 10.00.